The largest absolute Gasteiger partial charge is 0.492 e. The highest BCUT2D eigenvalue weighted by molar-refractivity contribution is 7.09. The molecule has 3 heterocycles. The number of nitrogens with zero attached hydrogens (tertiary/aromatic N) is 2. The lowest BCUT2D eigenvalue weighted by atomic mass is 9.95. The Hall–Kier alpha value is -1.56. The topological polar surface area (TPSA) is 32.8 Å². The molecule has 1 aromatic carbocycles. The lowest BCUT2D eigenvalue weighted by Gasteiger charge is -2.37. The first-order valence-corrected chi connectivity index (χ1v) is 9.89. The number of hydrogen-bond acceptors (Lipinski definition) is 4. The highest BCUT2D eigenvalue weighted by Crippen LogP contribution is 2.30. The zero-order chi connectivity index (χ0) is 17.2. The van der Waals surface area contributed by atoms with Gasteiger partial charge in [0.05, 0.1) is 5.92 Å². The van der Waals surface area contributed by atoms with Crippen LogP contribution in [0.3, 0.4) is 0 Å². The average molecular weight is 377 g/mol. The molecule has 132 valence electrons. The van der Waals surface area contributed by atoms with Crippen LogP contribution in [0.15, 0.2) is 35.7 Å². The SMILES string of the molecule is O=C(C1COc2ccc(Cl)cc2C1)N1CCN(Cc2cccs2)CC1. The molecule has 1 amide bonds. The Balaban J connectivity index is 1.33. The summed E-state index contributed by atoms with van der Waals surface area (Å²) in [5.41, 5.74) is 1.04. The molecule has 4 nitrogen and oxygen atoms in total. The van der Waals surface area contributed by atoms with Gasteiger partial charge in [-0.2, -0.15) is 0 Å². The van der Waals surface area contributed by atoms with Crippen LogP contribution in [-0.4, -0.2) is 48.5 Å². The predicted molar refractivity (Wildman–Crippen MR) is 100 cm³/mol. The van der Waals surface area contributed by atoms with Crippen LogP contribution in [0.2, 0.25) is 5.02 Å². The van der Waals surface area contributed by atoms with Crippen molar-refractivity contribution in [2.75, 3.05) is 32.8 Å². The number of ether oxygens (including phenoxy) is 1. The van der Waals surface area contributed by atoms with Gasteiger partial charge in [-0.3, -0.25) is 9.69 Å². The van der Waals surface area contributed by atoms with Crippen molar-refractivity contribution in [1.82, 2.24) is 9.80 Å². The van der Waals surface area contributed by atoms with E-state index in [4.69, 9.17) is 16.3 Å². The quantitative estimate of drug-likeness (QED) is 0.824. The summed E-state index contributed by atoms with van der Waals surface area (Å²) in [6.45, 7) is 4.90. The molecule has 2 aromatic rings. The molecule has 0 spiro atoms. The first-order chi connectivity index (χ1) is 12.2. The van der Waals surface area contributed by atoms with E-state index < -0.39 is 0 Å². The van der Waals surface area contributed by atoms with E-state index in [-0.39, 0.29) is 11.8 Å². The lowest BCUT2D eigenvalue weighted by Crippen LogP contribution is -2.51. The zero-order valence-electron chi connectivity index (χ0n) is 14.0. The molecule has 2 aliphatic heterocycles. The van der Waals surface area contributed by atoms with Gasteiger partial charge in [0.2, 0.25) is 5.91 Å². The van der Waals surface area contributed by atoms with Gasteiger partial charge in [0.15, 0.2) is 0 Å². The first-order valence-electron chi connectivity index (χ1n) is 8.64. The molecule has 1 atom stereocenters. The van der Waals surface area contributed by atoms with Gasteiger partial charge in [0.25, 0.3) is 0 Å². The van der Waals surface area contributed by atoms with E-state index in [1.807, 2.05) is 23.1 Å². The van der Waals surface area contributed by atoms with Gasteiger partial charge in [0, 0.05) is 42.6 Å². The third kappa shape index (κ3) is 3.84. The fraction of sp³-hybridized carbons (Fsp3) is 0.421. The van der Waals surface area contributed by atoms with E-state index in [2.05, 4.69) is 22.4 Å². The Kier molecular flexibility index (Phi) is 4.97. The van der Waals surface area contributed by atoms with E-state index in [1.165, 1.54) is 4.88 Å². The number of halogens is 1. The van der Waals surface area contributed by atoms with Crippen LogP contribution in [0.25, 0.3) is 0 Å². The molecule has 0 saturated carbocycles. The lowest BCUT2D eigenvalue weighted by molar-refractivity contribution is -0.138. The molecule has 0 N–H and O–H groups in total. The number of thiophene rings is 1. The van der Waals surface area contributed by atoms with Crippen LogP contribution in [0.4, 0.5) is 0 Å². The summed E-state index contributed by atoms with van der Waals surface area (Å²) in [4.78, 5) is 18.7. The van der Waals surface area contributed by atoms with Crippen molar-refractivity contribution < 1.29 is 9.53 Å². The van der Waals surface area contributed by atoms with Crippen molar-refractivity contribution in [3.8, 4) is 5.75 Å². The van der Waals surface area contributed by atoms with Crippen LogP contribution >= 0.6 is 22.9 Å². The fourth-order valence-electron chi connectivity index (χ4n) is 3.53. The van der Waals surface area contributed by atoms with Gasteiger partial charge in [-0.05, 0) is 41.6 Å². The molecular formula is C19H21ClN2O2S. The van der Waals surface area contributed by atoms with Gasteiger partial charge in [-0.1, -0.05) is 17.7 Å². The molecule has 1 aromatic heterocycles. The molecule has 1 unspecified atom stereocenters. The molecule has 0 bridgehead atoms. The molecule has 0 radical (unpaired) electrons. The number of fused-ring (bicyclic) bond motifs is 1. The van der Waals surface area contributed by atoms with Crippen molar-refractivity contribution in [2.45, 2.75) is 13.0 Å². The number of carbonyl (C=O) groups excluding carboxylic acids is 1. The summed E-state index contributed by atoms with van der Waals surface area (Å²) in [7, 11) is 0. The maximum absolute atomic E-state index is 12.9. The van der Waals surface area contributed by atoms with Gasteiger partial charge < -0.3 is 9.64 Å². The normalized spacial score (nSPS) is 20.8. The van der Waals surface area contributed by atoms with Crippen molar-refractivity contribution in [1.29, 1.82) is 0 Å². The molecular weight excluding hydrogens is 356 g/mol. The van der Waals surface area contributed by atoms with Gasteiger partial charge in [0.1, 0.15) is 12.4 Å². The highest BCUT2D eigenvalue weighted by atomic mass is 35.5. The Morgan fingerprint density at radius 2 is 2.08 bits per heavy atom. The standard InChI is InChI=1S/C19H21ClN2O2S/c20-16-3-4-18-14(11-16)10-15(13-24-18)19(23)22-7-5-21(6-8-22)12-17-2-1-9-25-17/h1-4,9,11,15H,5-8,10,12-13H2. The zero-order valence-corrected chi connectivity index (χ0v) is 15.6. The average Bonchev–Trinajstić information content (AvgIpc) is 3.14. The predicted octanol–water partition coefficient (Wildman–Crippen LogP) is 3.30. The maximum Gasteiger partial charge on any atom is 0.229 e. The number of amides is 1. The fourth-order valence-corrected chi connectivity index (χ4v) is 4.47. The van der Waals surface area contributed by atoms with E-state index in [1.54, 1.807) is 11.3 Å². The van der Waals surface area contributed by atoms with Crippen LogP contribution in [0, 0.1) is 5.92 Å². The minimum Gasteiger partial charge on any atom is -0.492 e. The number of hydrogen-bond donors (Lipinski definition) is 0. The molecule has 6 heteroatoms. The minimum absolute atomic E-state index is 0.102. The molecule has 25 heavy (non-hydrogen) atoms. The van der Waals surface area contributed by atoms with E-state index in [0.717, 1.165) is 44.0 Å². The van der Waals surface area contributed by atoms with Crippen LogP contribution in [0.1, 0.15) is 10.4 Å². The van der Waals surface area contributed by atoms with Gasteiger partial charge in [-0.25, -0.2) is 0 Å². The summed E-state index contributed by atoms with van der Waals surface area (Å²) in [5.74, 6) is 0.963. The molecule has 2 aliphatic rings. The smallest absolute Gasteiger partial charge is 0.229 e. The van der Waals surface area contributed by atoms with E-state index in [9.17, 15) is 4.79 Å². The second-order valence-corrected chi connectivity index (χ2v) is 8.11. The monoisotopic (exact) mass is 376 g/mol. The molecule has 4 rings (SSSR count). The Morgan fingerprint density at radius 3 is 2.84 bits per heavy atom. The Bertz CT molecular complexity index is 742. The Morgan fingerprint density at radius 1 is 1.24 bits per heavy atom. The van der Waals surface area contributed by atoms with Crippen molar-refractivity contribution in [3.63, 3.8) is 0 Å². The first kappa shape index (κ1) is 16.9. The van der Waals surface area contributed by atoms with Crippen LogP contribution in [0.5, 0.6) is 5.75 Å². The molecule has 1 fully saturated rings. The second kappa shape index (κ2) is 7.36. The van der Waals surface area contributed by atoms with Gasteiger partial charge >= 0.3 is 0 Å². The second-order valence-electron chi connectivity index (χ2n) is 6.64. The third-order valence-electron chi connectivity index (χ3n) is 4.92. The summed E-state index contributed by atoms with van der Waals surface area (Å²) in [5, 5.41) is 2.81. The number of piperazine rings is 1. The number of carbonyl (C=O) groups is 1. The highest BCUT2D eigenvalue weighted by Gasteiger charge is 2.31. The van der Waals surface area contributed by atoms with Gasteiger partial charge in [-0.15, -0.1) is 11.3 Å². The van der Waals surface area contributed by atoms with E-state index in [0.29, 0.717) is 18.1 Å². The third-order valence-corrected chi connectivity index (χ3v) is 6.02. The van der Waals surface area contributed by atoms with E-state index >= 15 is 0 Å². The number of rotatable bonds is 3. The van der Waals surface area contributed by atoms with Crippen molar-refractivity contribution in [3.05, 3.63) is 51.2 Å². The van der Waals surface area contributed by atoms with Crippen LogP contribution in [-0.2, 0) is 17.8 Å². The van der Waals surface area contributed by atoms with Crippen molar-refractivity contribution >= 4 is 28.8 Å². The summed E-state index contributed by atoms with van der Waals surface area (Å²) in [6, 6.07) is 9.89. The summed E-state index contributed by atoms with van der Waals surface area (Å²) in [6.07, 6.45) is 0.712. The maximum atomic E-state index is 12.9. The number of benzene rings is 1. The van der Waals surface area contributed by atoms with Crippen molar-refractivity contribution in [2.24, 2.45) is 5.92 Å². The van der Waals surface area contributed by atoms with Crippen LogP contribution < -0.4 is 4.74 Å². The molecule has 0 aliphatic carbocycles. The summed E-state index contributed by atoms with van der Waals surface area (Å²) < 4.78 is 5.78. The molecule has 1 saturated heterocycles. The summed E-state index contributed by atoms with van der Waals surface area (Å²) >= 11 is 7.86. The minimum atomic E-state index is -0.102. The Labute approximate surface area is 156 Å².